The molecule has 5 heteroatoms. The fraction of sp³-hybridized carbons (Fsp3) is 0.650. The van der Waals surface area contributed by atoms with Crippen LogP contribution in [0, 0.1) is 17.7 Å². The molecule has 1 aromatic carbocycles. The highest BCUT2D eigenvalue weighted by Gasteiger charge is 2.33. The highest BCUT2D eigenvalue weighted by molar-refractivity contribution is 6.30. The third-order valence-corrected chi connectivity index (χ3v) is 4.97. The second-order valence-electron chi connectivity index (χ2n) is 7.03. The summed E-state index contributed by atoms with van der Waals surface area (Å²) in [7, 11) is 0. The number of carbonyl (C=O) groups is 1. The Kier molecular flexibility index (Phi) is 8.01. The Morgan fingerprint density at radius 1 is 1.32 bits per heavy atom. The highest BCUT2D eigenvalue weighted by Crippen LogP contribution is 2.32. The second kappa shape index (κ2) is 10.0. The number of benzene rings is 1. The van der Waals surface area contributed by atoms with Crippen LogP contribution in [0.1, 0.15) is 58.8 Å². The first-order chi connectivity index (χ1) is 12.0. The summed E-state index contributed by atoms with van der Waals surface area (Å²) >= 11 is 5.71. The molecule has 3 nitrogen and oxygen atoms in total. The Balaban J connectivity index is 1.61. The first-order valence-corrected chi connectivity index (χ1v) is 9.65. The van der Waals surface area contributed by atoms with Crippen molar-refractivity contribution < 1.29 is 18.7 Å². The maximum absolute atomic E-state index is 13.6. The molecule has 2 rings (SSSR count). The molecule has 0 heterocycles. The van der Waals surface area contributed by atoms with E-state index in [1.165, 1.54) is 31.4 Å². The molecule has 0 aliphatic heterocycles. The van der Waals surface area contributed by atoms with E-state index in [-0.39, 0.29) is 23.7 Å². The molecule has 1 saturated carbocycles. The van der Waals surface area contributed by atoms with Crippen molar-refractivity contribution in [1.82, 2.24) is 0 Å². The average Bonchev–Trinajstić information content (AvgIpc) is 2.54. The molecule has 0 amide bonds. The molecule has 0 bridgehead atoms. The van der Waals surface area contributed by atoms with Gasteiger partial charge in [-0.3, -0.25) is 4.79 Å². The fourth-order valence-electron chi connectivity index (χ4n) is 2.98. The van der Waals surface area contributed by atoms with Gasteiger partial charge < -0.3 is 9.47 Å². The van der Waals surface area contributed by atoms with Crippen LogP contribution in [0.4, 0.5) is 4.39 Å². The van der Waals surface area contributed by atoms with Crippen LogP contribution in [0.3, 0.4) is 0 Å². The third kappa shape index (κ3) is 6.50. The number of ether oxygens (including phenoxy) is 2. The first-order valence-electron chi connectivity index (χ1n) is 9.28. The van der Waals surface area contributed by atoms with Gasteiger partial charge in [-0.25, -0.2) is 4.39 Å². The van der Waals surface area contributed by atoms with Gasteiger partial charge in [0.1, 0.15) is 6.10 Å². The van der Waals surface area contributed by atoms with E-state index in [0.717, 1.165) is 25.7 Å². The minimum absolute atomic E-state index is 0.0192. The zero-order valence-electron chi connectivity index (χ0n) is 15.1. The standard InChI is InChI=1S/C20H28ClFO3/c1-3-4-5-6-7-14(2)20(23)25-17-10-15(11-17)13-24-19-9-8-16(21)12-18(19)22/h8-9,12,14-15,17H,3-7,10-11,13H2,1-2H3. The Morgan fingerprint density at radius 3 is 2.76 bits per heavy atom. The molecule has 1 aliphatic carbocycles. The van der Waals surface area contributed by atoms with Gasteiger partial charge in [0.2, 0.25) is 0 Å². The lowest BCUT2D eigenvalue weighted by Gasteiger charge is -2.35. The van der Waals surface area contributed by atoms with Crippen molar-refractivity contribution >= 4 is 17.6 Å². The number of hydrogen-bond donors (Lipinski definition) is 0. The number of unbranched alkanes of at least 4 members (excludes halogenated alkanes) is 3. The average molecular weight is 371 g/mol. The Hall–Kier alpha value is -1.29. The summed E-state index contributed by atoms with van der Waals surface area (Å²) in [6.07, 6.45) is 7.12. The molecule has 25 heavy (non-hydrogen) atoms. The SMILES string of the molecule is CCCCCCC(C)C(=O)OC1CC(COc2ccc(Cl)cc2F)C1. The number of rotatable bonds is 10. The van der Waals surface area contributed by atoms with Crippen LogP contribution in [-0.4, -0.2) is 18.7 Å². The molecule has 1 fully saturated rings. The van der Waals surface area contributed by atoms with E-state index in [1.807, 2.05) is 6.92 Å². The molecule has 0 saturated heterocycles. The number of esters is 1. The lowest BCUT2D eigenvalue weighted by Crippen LogP contribution is -2.37. The summed E-state index contributed by atoms with van der Waals surface area (Å²) in [6.45, 7) is 4.55. The maximum atomic E-state index is 13.6. The summed E-state index contributed by atoms with van der Waals surface area (Å²) < 4.78 is 24.7. The zero-order valence-corrected chi connectivity index (χ0v) is 15.9. The molecule has 0 N–H and O–H groups in total. The number of hydrogen-bond acceptors (Lipinski definition) is 3. The molecule has 1 aliphatic rings. The predicted molar refractivity (Wildman–Crippen MR) is 97.4 cm³/mol. The predicted octanol–water partition coefficient (Wildman–Crippen LogP) is 5.79. The van der Waals surface area contributed by atoms with Gasteiger partial charge in [0.15, 0.2) is 11.6 Å². The van der Waals surface area contributed by atoms with Crippen LogP contribution in [0.2, 0.25) is 5.02 Å². The third-order valence-electron chi connectivity index (χ3n) is 4.74. The van der Waals surface area contributed by atoms with E-state index in [2.05, 4.69) is 6.92 Å². The van der Waals surface area contributed by atoms with Crippen LogP contribution in [0.5, 0.6) is 5.75 Å². The molecule has 140 valence electrons. The lowest BCUT2D eigenvalue weighted by atomic mass is 9.83. The van der Waals surface area contributed by atoms with Crippen LogP contribution < -0.4 is 4.74 Å². The summed E-state index contributed by atoms with van der Waals surface area (Å²) in [4.78, 5) is 12.1. The largest absolute Gasteiger partial charge is 0.490 e. The number of carbonyl (C=O) groups excluding carboxylic acids is 1. The molecular weight excluding hydrogens is 343 g/mol. The van der Waals surface area contributed by atoms with E-state index in [9.17, 15) is 9.18 Å². The van der Waals surface area contributed by atoms with Crippen molar-refractivity contribution in [2.75, 3.05) is 6.61 Å². The van der Waals surface area contributed by atoms with Gasteiger partial charge in [-0.1, -0.05) is 51.1 Å². The van der Waals surface area contributed by atoms with Crippen molar-refractivity contribution in [3.05, 3.63) is 29.0 Å². The molecule has 0 spiro atoms. The monoisotopic (exact) mass is 370 g/mol. The Morgan fingerprint density at radius 2 is 2.08 bits per heavy atom. The zero-order chi connectivity index (χ0) is 18.2. The van der Waals surface area contributed by atoms with Crippen LogP contribution in [0.25, 0.3) is 0 Å². The quantitative estimate of drug-likeness (QED) is 0.386. The summed E-state index contributed by atoms with van der Waals surface area (Å²) in [5.41, 5.74) is 0. The fourth-order valence-corrected chi connectivity index (χ4v) is 3.14. The van der Waals surface area contributed by atoms with E-state index in [4.69, 9.17) is 21.1 Å². The molecule has 0 aromatic heterocycles. The molecule has 0 radical (unpaired) electrons. The van der Waals surface area contributed by atoms with Crippen molar-refractivity contribution in [1.29, 1.82) is 0 Å². The van der Waals surface area contributed by atoms with Crippen molar-refractivity contribution in [3.8, 4) is 5.75 Å². The summed E-state index contributed by atoms with van der Waals surface area (Å²) in [5, 5.41) is 0.351. The normalized spacial score (nSPS) is 20.6. The van der Waals surface area contributed by atoms with Gasteiger partial charge in [0.05, 0.1) is 12.5 Å². The Labute approximate surface area is 154 Å². The van der Waals surface area contributed by atoms with Gasteiger partial charge in [-0.15, -0.1) is 0 Å². The van der Waals surface area contributed by atoms with Gasteiger partial charge in [-0.2, -0.15) is 0 Å². The minimum atomic E-state index is -0.452. The second-order valence-corrected chi connectivity index (χ2v) is 7.47. The molecule has 1 unspecified atom stereocenters. The van der Waals surface area contributed by atoms with Crippen LogP contribution in [-0.2, 0) is 9.53 Å². The van der Waals surface area contributed by atoms with E-state index in [0.29, 0.717) is 17.5 Å². The van der Waals surface area contributed by atoms with Gasteiger partial charge in [0, 0.05) is 5.02 Å². The minimum Gasteiger partial charge on any atom is -0.490 e. The summed E-state index contributed by atoms with van der Waals surface area (Å²) in [5.74, 6) is -0.0649. The Bertz CT molecular complexity index is 558. The topological polar surface area (TPSA) is 35.5 Å². The molecule has 1 aromatic rings. The van der Waals surface area contributed by atoms with Gasteiger partial charge in [-0.05, 0) is 43.4 Å². The number of halogens is 2. The van der Waals surface area contributed by atoms with Crippen molar-refractivity contribution in [3.63, 3.8) is 0 Å². The maximum Gasteiger partial charge on any atom is 0.308 e. The molecule has 1 atom stereocenters. The lowest BCUT2D eigenvalue weighted by molar-refractivity contribution is -0.161. The van der Waals surface area contributed by atoms with E-state index >= 15 is 0 Å². The van der Waals surface area contributed by atoms with Crippen LogP contribution >= 0.6 is 11.6 Å². The summed E-state index contributed by atoms with van der Waals surface area (Å²) in [6, 6.07) is 4.38. The first kappa shape index (κ1) is 20.0. The van der Waals surface area contributed by atoms with Gasteiger partial charge in [0.25, 0.3) is 0 Å². The van der Waals surface area contributed by atoms with Crippen LogP contribution in [0.15, 0.2) is 18.2 Å². The smallest absolute Gasteiger partial charge is 0.308 e. The van der Waals surface area contributed by atoms with E-state index < -0.39 is 5.82 Å². The van der Waals surface area contributed by atoms with E-state index in [1.54, 1.807) is 6.07 Å². The molecular formula is C20H28ClFO3. The highest BCUT2D eigenvalue weighted by atomic mass is 35.5. The van der Waals surface area contributed by atoms with Crippen molar-refractivity contribution in [2.45, 2.75) is 64.9 Å². The van der Waals surface area contributed by atoms with Crippen molar-refractivity contribution in [2.24, 2.45) is 11.8 Å². The van der Waals surface area contributed by atoms with Gasteiger partial charge >= 0.3 is 5.97 Å².